The number of rotatable bonds is 5. The van der Waals surface area contributed by atoms with Gasteiger partial charge in [0.1, 0.15) is 6.10 Å². The van der Waals surface area contributed by atoms with Gasteiger partial charge in [-0.2, -0.15) is 0 Å². The summed E-state index contributed by atoms with van der Waals surface area (Å²) < 4.78 is 4.93. The van der Waals surface area contributed by atoms with Crippen LogP contribution in [0.15, 0.2) is 18.4 Å². The summed E-state index contributed by atoms with van der Waals surface area (Å²) in [6, 6.07) is -0.489. The van der Waals surface area contributed by atoms with Crippen molar-refractivity contribution >= 4 is 5.91 Å². The number of nitrogens with zero attached hydrogens (tertiary/aromatic N) is 1. The minimum atomic E-state index is -0.981. The van der Waals surface area contributed by atoms with E-state index in [1.54, 1.807) is 6.08 Å². The van der Waals surface area contributed by atoms with Crippen LogP contribution < -0.4 is 0 Å². The van der Waals surface area contributed by atoms with Gasteiger partial charge in [0, 0.05) is 13.7 Å². The number of ether oxygens (including phenoxy) is 1. The third-order valence-electron chi connectivity index (χ3n) is 2.46. The summed E-state index contributed by atoms with van der Waals surface area (Å²) in [5, 5.41) is 18.3. The summed E-state index contributed by atoms with van der Waals surface area (Å²) in [6.45, 7) is 3.31. The largest absolute Gasteiger partial charge is 0.394 e. The van der Waals surface area contributed by atoms with Crippen LogP contribution in [0.4, 0.5) is 0 Å². The molecule has 5 heteroatoms. The van der Waals surface area contributed by atoms with E-state index >= 15 is 0 Å². The van der Waals surface area contributed by atoms with Crippen LogP contribution >= 0.6 is 0 Å². The maximum atomic E-state index is 11.5. The number of β-lactam (4-membered cyclic amide) rings is 1. The molecular weight excluding hydrogens is 198 g/mol. The molecule has 1 heterocycles. The Labute approximate surface area is 88.3 Å². The summed E-state index contributed by atoms with van der Waals surface area (Å²) in [6.07, 6.45) is -0.0582. The zero-order valence-electron chi connectivity index (χ0n) is 8.59. The first-order chi connectivity index (χ1) is 7.17. The zero-order valence-corrected chi connectivity index (χ0v) is 8.59. The Hall–Kier alpha value is -1.13. The van der Waals surface area contributed by atoms with Crippen LogP contribution in [0.2, 0.25) is 0 Å². The Bertz CT molecular complexity index is 285. The molecule has 0 aliphatic carbocycles. The number of aliphatic hydroxyl groups excluding tert-OH is 2. The summed E-state index contributed by atoms with van der Waals surface area (Å²) in [5.74, 6) is -0.193. The molecule has 0 aromatic carbocycles. The molecule has 1 aliphatic heterocycles. The molecule has 15 heavy (non-hydrogen) atoms. The molecular formula is C10H15NO4. The van der Waals surface area contributed by atoms with E-state index in [2.05, 4.69) is 12.3 Å². The molecule has 84 valence electrons. The highest BCUT2D eigenvalue weighted by atomic mass is 16.5. The number of carbonyl (C=O) groups excluding carboxylic acids is 1. The Balaban J connectivity index is 2.69. The standard InChI is InChI=1S/C10H15NO4/c1-3-4-5-11-8(7(13)6-12)9(15-2)10(11)14/h4,7-9,12-13H,1,5-6H2,2H3/t7-,8+,9-/m1/s1. The second-order valence-corrected chi connectivity index (χ2v) is 3.30. The number of hydrogen-bond acceptors (Lipinski definition) is 4. The maximum absolute atomic E-state index is 11.5. The van der Waals surface area contributed by atoms with E-state index < -0.39 is 24.9 Å². The second-order valence-electron chi connectivity index (χ2n) is 3.30. The molecule has 1 aliphatic rings. The van der Waals surface area contributed by atoms with Crippen molar-refractivity contribution in [3.05, 3.63) is 18.4 Å². The van der Waals surface area contributed by atoms with Gasteiger partial charge in [0.05, 0.1) is 12.6 Å². The van der Waals surface area contributed by atoms with Gasteiger partial charge in [0.15, 0.2) is 6.10 Å². The lowest BCUT2D eigenvalue weighted by Crippen LogP contribution is -2.70. The molecule has 3 atom stereocenters. The van der Waals surface area contributed by atoms with E-state index in [0.29, 0.717) is 6.54 Å². The Morgan fingerprint density at radius 2 is 2.47 bits per heavy atom. The van der Waals surface area contributed by atoms with Gasteiger partial charge >= 0.3 is 0 Å². The molecule has 5 nitrogen and oxygen atoms in total. The van der Waals surface area contributed by atoms with Crippen molar-refractivity contribution in [2.24, 2.45) is 0 Å². The molecule has 1 amide bonds. The second kappa shape index (κ2) is 5.09. The number of methoxy groups -OCH3 is 1. The highest BCUT2D eigenvalue weighted by molar-refractivity contribution is 5.88. The molecule has 2 N–H and O–H groups in total. The minimum absolute atomic E-state index is 0.193. The Kier molecular flexibility index (Phi) is 4.05. The van der Waals surface area contributed by atoms with Crippen molar-refractivity contribution in [1.82, 2.24) is 4.90 Å². The highest BCUT2D eigenvalue weighted by Crippen LogP contribution is 2.25. The van der Waals surface area contributed by atoms with E-state index in [1.165, 1.54) is 12.0 Å². The molecule has 0 aromatic rings. The lowest BCUT2D eigenvalue weighted by Gasteiger charge is -2.47. The van der Waals surface area contributed by atoms with Gasteiger partial charge in [-0.1, -0.05) is 6.58 Å². The summed E-state index contributed by atoms with van der Waals surface area (Å²) in [4.78, 5) is 12.9. The summed E-state index contributed by atoms with van der Waals surface area (Å²) in [5.41, 5.74) is 2.54. The first-order valence-electron chi connectivity index (χ1n) is 4.63. The monoisotopic (exact) mass is 213 g/mol. The lowest BCUT2D eigenvalue weighted by atomic mass is 9.93. The number of carbonyl (C=O) groups is 1. The van der Waals surface area contributed by atoms with Crippen molar-refractivity contribution in [3.63, 3.8) is 0 Å². The Morgan fingerprint density at radius 3 is 2.93 bits per heavy atom. The van der Waals surface area contributed by atoms with E-state index in [4.69, 9.17) is 9.84 Å². The van der Waals surface area contributed by atoms with Crippen molar-refractivity contribution in [2.45, 2.75) is 18.2 Å². The van der Waals surface area contributed by atoms with E-state index in [0.717, 1.165) is 0 Å². The molecule has 1 rings (SSSR count). The van der Waals surface area contributed by atoms with Crippen molar-refractivity contribution in [1.29, 1.82) is 0 Å². The first kappa shape index (κ1) is 11.9. The van der Waals surface area contributed by atoms with Crippen LogP contribution in [-0.2, 0) is 9.53 Å². The molecule has 0 radical (unpaired) electrons. The van der Waals surface area contributed by atoms with Crippen LogP contribution in [0, 0.1) is 0 Å². The molecule has 0 spiro atoms. The average molecular weight is 213 g/mol. The van der Waals surface area contributed by atoms with E-state index in [-0.39, 0.29) is 5.91 Å². The fourth-order valence-corrected chi connectivity index (χ4v) is 1.67. The van der Waals surface area contributed by atoms with Gasteiger partial charge < -0.3 is 19.8 Å². The van der Waals surface area contributed by atoms with Gasteiger partial charge in [0.25, 0.3) is 5.91 Å². The van der Waals surface area contributed by atoms with Crippen LogP contribution in [0.5, 0.6) is 0 Å². The van der Waals surface area contributed by atoms with Crippen molar-refractivity contribution in [2.75, 3.05) is 20.3 Å². The molecule has 1 saturated heterocycles. The van der Waals surface area contributed by atoms with Crippen LogP contribution in [0.3, 0.4) is 0 Å². The number of amides is 1. The van der Waals surface area contributed by atoms with Crippen molar-refractivity contribution in [3.8, 4) is 0 Å². The van der Waals surface area contributed by atoms with Crippen molar-refractivity contribution < 1.29 is 19.7 Å². The zero-order chi connectivity index (χ0) is 11.4. The molecule has 0 aromatic heterocycles. The molecule has 0 saturated carbocycles. The molecule has 1 fully saturated rings. The predicted molar refractivity (Wildman–Crippen MR) is 53.1 cm³/mol. The predicted octanol–water partition coefficient (Wildman–Crippen LogP) is -1.09. The van der Waals surface area contributed by atoms with E-state index in [1.807, 2.05) is 0 Å². The van der Waals surface area contributed by atoms with Gasteiger partial charge in [-0.3, -0.25) is 4.79 Å². The normalized spacial score (nSPS) is 26.9. The van der Waals surface area contributed by atoms with Gasteiger partial charge in [-0.05, 0) is 6.08 Å². The quantitative estimate of drug-likeness (QED) is 0.449. The third-order valence-corrected chi connectivity index (χ3v) is 2.46. The maximum Gasteiger partial charge on any atom is 0.254 e. The smallest absolute Gasteiger partial charge is 0.254 e. The van der Waals surface area contributed by atoms with Gasteiger partial charge in [-0.25, -0.2) is 0 Å². The number of likely N-dealkylation sites (tertiary alicyclic amines) is 1. The SMILES string of the molecule is C=C=CCN1C(=O)[C@H](OC)[C@@H]1[C@H](O)CO. The third kappa shape index (κ3) is 2.11. The summed E-state index contributed by atoms with van der Waals surface area (Å²) in [7, 11) is 1.40. The van der Waals surface area contributed by atoms with Gasteiger partial charge in [-0.15, -0.1) is 5.73 Å². The first-order valence-corrected chi connectivity index (χ1v) is 4.63. The summed E-state index contributed by atoms with van der Waals surface area (Å²) >= 11 is 0. The van der Waals surface area contributed by atoms with E-state index in [9.17, 15) is 9.90 Å². The fraction of sp³-hybridized carbons (Fsp3) is 0.600. The van der Waals surface area contributed by atoms with Crippen LogP contribution in [0.1, 0.15) is 0 Å². The fourth-order valence-electron chi connectivity index (χ4n) is 1.67. The van der Waals surface area contributed by atoms with Gasteiger partial charge in [0.2, 0.25) is 0 Å². The molecule has 0 bridgehead atoms. The number of aliphatic hydroxyl groups is 2. The average Bonchev–Trinajstić information content (AvgIpc) is 2.25. The molecule has 0 unspecified atom stereocenters. The topological polar surface area (TPSA) is 70.0 Å². The highest BCUT2D eigenvalue weighted by Gasteiger charge is 2.50. The minimum Gasteiger partial charge on any atom is -0.394 e. The van der Waals surface area contributed by atoms with Crippen LogP contribution in [-0.4, -0.2) is 59.5 Å². The number of hydrogen-bond donors (Lipinski definition) is 2. The lowest BCUT2D eigenvalue weighted by molar-refractivity contribution is -0.181. The van der Waals surface area contributed by atoms with Crippen LogP contribution in [0.25, 0.3) is 0 Å². The Morgan fingerprint density at radius 1 is 1.80 bits per heavy atom.